The molecule has 1 aliphatic rings. The molecule has 16 heavy (non-hydrogen) atoms. The highest BCUT2D eigenvalue weighted by Crippen LogP contribution is 2.35. The maximum atomic E-state index is 12.4. The van der Waals surface area contributed by atoms with Gasteiger partial charge < -0.3 is 10.1 Å². The minimum atomic E-state index is -5.53. The Hall–Kier alpha value is -0.430. The minimum absolute atomic E-state index is 0.0344. The Kier molecular flexibility index (Phi) is 4.49. The first-order valence-corrected chi connectivity index (χ1v) is 5.06. The molecule has 0 aliphatic carbocycles. The van der Waals surface area contributed by atoms with E-state index in [1.807, 2.05) is 0 Å². The van der Waals surface area contributed by atoms with Gasteiger partial charge in [0.05, 0.1) is 0 Å². The predicted octanol–water partition coefficient (Wildman–Crippen LogP) is 2.20. The molecule has 0 bridgehead atoms. The second-order valence-electron chi connectivity index (χ2n) is 3.91. The Labute approximate surface area is 90.1 Å². The summed E-state index contributed by atoms with van der Waals surface area (Å²) >= 11 is 0. The Bertz CT molecular complexity index is 212. The van der Waals surface area contributed by atoms with Crippen LogP contribution in [0.25, 0.3) is 0 Å². The normalized spacial score (nSPS) is 20.1. The number of hydrogen-bond donors (Lipinski definition) is 1. The average molecular weight is 247 g/mol. The molecule has 0 aromatic carbocycles. The van der Waals surface area contributed by atoms with Gasteiger partial charge in [0.25, 0.3) is 0 Å². The van der Waals surface area contributed by atoms with Gasteiger partial charge in [-0.05, 0) is 31.8 Å². The maximum absolute atomic E-state index is 12.4. The van der Waals surface area contributed by atoms with E-state index in [0.29, 0.717) is 0 Å². The van der Waals surface area contributed by atoms with E-state index in [9.17, 15) is 22.0 Å². The molecule has 0 atom stereocenters. The molecule has 1 N–H and O–H groups in total. The number of halogens is 5. The van der Waals surface area contributed by atoms with Crippen molar-refractivity contribution in [3.05, 3.63) is 0 Å². The first kappa shape index (κ1) is 13.6. The number of nitrogens with one attached hydrogen (secondary N) is 1. The van der Waals surface area contributed by atoms with Gasteiger partial charge in [-0.1, -0.05) is 0 Å². The second kappa shape index (κ2) is 5.27. The van der Waals surface area contributed by atoms with E-state index in [-0.39, 0.29) is 12.5 Å². The first-order valence-electron chi connectivity index (χ1n) is 5.06. The lowest BCUT2D eigenvalue weighted by Gasteiger charge is -2.24. The molecule has 0 radical (unpaired) electrons. The number of rotatable bonds is 4. The number of alkyl halides is 5. The fraction of sp³-hybridized carbons (Fsp3) is 1.00. The zero-order valence-electron chi connectivity index (χ0n) is 8.62. The van der Waals surface area contributed by atoms with Crippen LogP contribution >= 0.6 is 0 Å². The monoisotopic (exact) mass is 247 g/mol. The van der Waals surface area contributed by atoms with Gasteiger partial charge in [0.1, 0.15) is 6.61 Å². The highest BCUT2D eigenvalue weighted by atomic mass is 19.4. The van der Waals surface area contributed by atoms with Crippen molar-refractivity contribution >= 4 is 0 Å². The van der Waals surface area contributed by atoms with Crippen LogP contribution in [0.4, 0.5) is 22.0 Å². The van der Waals surface area contributed by atoms with Crippen LogP contribution in [0, 0.1) is 5.92 Å². The van der Waals surface area contributed by atoms with Crippen LogP contribution < -0.4 is 5.32 Å². The summed E-state index contributed by atoms with van der Waals surface area (Å²) in [4.78, 5) is 0. The number of ether oxygens (including phenoxy) is 1. The van der Waals surface area contributed by atoms with Gasteiger partial charge >= 0.3 is 12.1 Å². The molecular weight excluding hydrogens is 233 g/mol. The van der Waals surface area contributed by atoms with Gasteiger partial charge in [0, 0.05) is 6.61 Å². The van der Waals surface area contributed by atoms with Crippen LogP contribution in [0.3, 0.4) is 0 Å². The Morgan fingerprint density at radius 3 is 2.12 bits per heavy atom. The highest BCUT2D eigenvalue weighted by molar-refractivity contribution is 4.75. The smallest absolute Gasteiger partial charge is 0.375 e. The lowest BCUT2D eigenvalue weighted by atomic mass is 9.99. The topological polar surface area (TPSA) is 21.3 Å². The molecule has 96 valence electrons. The molecule has 1 rings (SSSR count). The van der Waals surface area contributed by atoms with E-state index in [1.54, 1.807) is 0 Å². The second-order valence-corrected chi connectivity index (χ2v) is 3.91. The SMILES string of the molecule is FC(F)(F)C(F)(F)COCC1CCNCC1. The minimum Gasteiger partial charge on any atom is -0.375 e. The van der Waals surface area contributed by atoms with E-state index in [1.165, 1.54) is 0 Å². The molecule has 0 unspecified atom stereocenters. The van der Waals surface area contributed by atoms with Gasteiger partial charge in [-0.25, -0.2) is 0 Å². The van der Waals surface area contributed by atoms with Gasteiger partial charge in [-0.15, -0.1) is 0 Å². The van der Waals surface area contributed by atoms with Crippen LogP contribution in [0.15, 0.2) is 0 Å². The molecule has 0 aromatic rings. The van der Waals surface area contributed by atoms with Crippen molar-refractivity contribution in [2.45, 2.75) is 24.9 Å². The third-order valence-corrected chi connectivity index (χ3v) is 2.51. The average Bonchev–Trinajstić information content (AvgIpc) is 2.17. The lowest BCUT2D eigenvalue weighted by Crippen LogP contribution is -2.41. The first-order chi connectivity index (χ1) is 7.33. The molecule has 1 saturated heterocycles. The summed E-state index contributed by atoms with van der Waals surface area (Å²) in [6.07, 6.45) is -4.03. The molecule has 1 heterocycles. The summed E-state index contributed by atoms with van der Waals surface area (Å²) in [5, 5.41) is 3.06. The van der Waals surface area contributed by atoms with Crippen LogP contribution in [0.2, 0.25) is 0 Å². The summed E-state index contributed by atoms with van der Waals surface area (Å²) in [7, 11) is 0. The molecule has 1 aliphatic heterocycles. The van der Waals surface area contributed by atoms with Gasteiger partial charge in [0.2, 0.25) is 0 Å². The molecule has 0 saturated carbocycles. The maximum Gasteiger partial charge on any atom is 0.455 e. The van der Waals surface area contributed by atoms with Crippen molar-refractivity contribution in [2.24, 2.45) is 5.92 Å². The summed E-state index contributed by atoms with van der Waals surface area (Å²) in [6.45, 7) is -0.110. The van der Waals surface area contributed by atoms with E-state index >= 15 is 0 Å². The fourth-order valence-corrected chi connectivity index (χ4v) is 1.48. The molecule has 0 spiro atoms. The highest BCUT2D eigenvalue weighted by Gasteiger charge is 2.57. The zero-order chi connectivity index (χ0) is 12.2. The fourth-order valence-electron chi connectivity index (χ4n) is 1.48. The van der Waals surface area contributed by atoms with Gasteiger partial charge in [-0.3, -0.25) is 0 Å². The van der Waals surface area contributed by atoms with Gasteiger partial charge in [0.15, 0.2) is 0 Å². The molecule has 2 nitrogen and oxygen atoms in total. The van der Waals surface area contributed by atoms with Crippen molar-refractivity contribution in [2.75, 3.05) is 26.3 Å². The van der Waals surface area contributed by atoms with Crippen LogP contribution in [0.1, 0.15) is 12.8 Å². The molecule has 7 heteroatoms. The van der Waals surface area contributed by atoms with Crippen LogP contribution in [-0.4, -0.2) is 38.4 Å². The largest absolute Gasteiger partial charge is 0.455 e. The summed E-state index contributed by atoms with van der Waals surface area (Å²) in [6, 6.07) is 0. The van der Waals surface area contributed by atoms with Crippen molar-refractivity contribution in [1.82, 2.24) is 5.32 Å². The third-order valence-electron chi connectivity index (χ3n) is 2.51. The van der Waals surface area contributed by atoms with E-state index in [2.05, 4.69) is 10.1 Å². The Morgan fingerprint density at radius 2 is 1.62 bits per heavy atom. The molecular formula is C9H14F5NO. The van der Waals surface area contributed by atoms with Crippen molar-refractivity contribution in [1.29, 1.82) is 0 Å². The van der Waals surface area contributed by atoms with Gasteiger partial charge in [-0.2, -0.15) is 22.0 Å². The Morgan fingerprint density at radius 1 is 1.06 bits per heavy atom. The van der Waals surface area contributed by atoms with Crippen LogP contribution in [-0.2, 0) is 4.74 Å². The standard InChI is InChI=1S/C9H14F5NO/c10-8(11,9(12,13)14)6-16-5-7-1-3-15-4-2-7/h7,15H,1-6H2. The Balaban J connectivity index is 2.23. The van der Waals surface area contributed by atoms with E-state index in [0.717, 1.165) is 25.9 Å². The number of hydrogen-bond acceptors (Lipinski definition) is 2. The number of piperidine rings is 1. The summed E-state index contributed by atoms with van der Waals surface area (Å²) in [5.74, 6) is -4.68. The zero-order valence-corrected chi connectivity index (χ0v) is 8.62. The van der Waals surface area contributed by atoms with Crippen molar-refractivity contribution < 1.29 is 26.7 Å². The van der Waals surface area contributed by atoms with Crippen molar-refractivity contribution in [3.8, 4) is 0 Å². The quantitative estimate of drug-likeness (QED) is 0.769. The molecule has 0 aromatic heterocycles. The van der Waals surface area contributed by atoms with E-state index < -0.39 is 18.7 Å². The molecule has 0 amide bonds. The summed E-state index contributed by atoms with van der Waals surface area (Å²) < 4.78 is 64.6. The lowest BCUT2D eigenvalue weighted by molar-refractivity contribution is -0.297. The van der Waals surface area contributed by atoms with E-state index in [4.69, 9.17) is 0 Å². The molecule has 1 fully saturated rings. The van der Waals surface area contributed by atoms with Crippen LogP contribution in [0.5, 0.6) is 0 Å². The summed E-state index contributed by atoms with van der Waals surface area (Å²) in [5.41, 5.74) is 0. The predicted molar refractivity (Wildman–Crippen MR) is 47.4 cm³/mol. The third kappa shape index (κ3) is 3.86. The van der Waals surface area contributed by atoms with Crippen molar-refractivity contribution in [3.63, 3.8) is 0 Å².